The number of benzene rings is 2. The molecule has 4 rings (SSSR count). The fourth-order valence-electron chi connectivity index (χ4n) is 3.21. The molecule has 120 valence electrons. The number of rotatable bonds is 1. The van der Waals surface area contributed by atoms with Gasteiger partial charge in [-0.15, -0.1) is 0 Å². The topological polar surface area (TPSA) is 37.4 Å². The molecule has 0 radical (unpaired) electrons. The molecule has 0 saturated carbocycles. The van der Waals surface area contributed by atoms with E-state index in [1.165, 1.54) is 24.6 Å². The fourth-order valence-corrected chi connectivity index (χ4v) is 4.50. The van der Waals surface area contributed by atoms with Crippen molar-refractivity contribution in [2.24, 2.45) is 0 Å². The van der Waals surface area contributed by atoms with Crippen LogP contribution in [0.5, 0.6) is 0 Å². The van der Waals surface area contributed by atoms with Crippen molar-refractivity contribution < 1.29 is 9.59 Å². The van der Waals surface area contributed by atoms with Crippen LogP contribution in [0.3, 0.4) is 0 Å². The zero-order valence-electron chi connectivity index (χ0n) is 13.0. The number of carbonyl (C=O) groups is 2. The number of fused-ring (bicyclic) bond motifs is 2. The number of thioether (sulfide) groups is 1. The molecule has 5 heteroatoms. The minimum atomic E-state index is -0.0882. The van der Waals surface area contributed by atoms with Gasteiger partial charge in [0.05, 0.1) is 0 Å². The molecule has 1 aliphatic heterocycles. The first-order valence-corrected chi connectivity index (χ1v) is 9.17. The van der Waals surface area contributed by atoms with Gasteiger partial charge < -0.3 is 4.90 Å². The molecule has 1 aliphatic carbocycles. The fraction of sp³-hybridized carbons (Fsp3) is 0.211. The first kappa shape index (κ1) is 15.5. The van der Waals surface area contributed by atoms with E-state index in [0.29, 0.717) is 22.3 Å². The van der Waals surface area contributed by atoms with Gasteiger partial charge in [0.15, 0.2) is 11.6 Å². The Kier molecular flexibility index (Phi) is 3.98. The van der Waals surface area contributed by atoms with Crippen molar-refractivity contribution in [1.82, 2.24) is 4.90 Å². The van der Waals surface area contributed by atoms with Crippen LogP contribution in [0.4, 0.5) is 0 Å². The number of hydrogen-bond donors (Lipinski definition) is 0. The zero-order chi connectivity index (χ0) is 16.7. The highest BCUT2D eigenvalue weighted by Gasteiger charge is 2.29. The SMILES string of the molecule is O=C1c2ccccc2C(=O)c2cc(SC(=S)N3CCCC3)ccc21. The highest BCUT2D eigenvalue weighted by molar-refractivity contribution is 8.22. The van der Waals surface area contributed by atoms with Gasteiger partial charge in [0, 0.05) is 40.2 Å². The molecule has 1 heterocycles. The van der Waals surface area contributed by atoms with Gasteiger partial charge in [0.25, 0.3) is 0 Å². The minimum absolute atomic E-state index is 0.0844. The predicted molar refractivity (Wildman–Crippen MR) is 99.0 cm³/mol. The van der Waals surface area contributed by atoms with Crippen molar-refractivity contribution in [3.63, 3.8) is 0 Å². The van der Waals surface area contributed by atoms with Crippen molar-refractivity contribution >= 4 is 39.9 Å². The molecule has 0 aromatic heterocycles. The summed E-state index contributed by atoms with van der Waals surface area (Å²) in [7, 11) is 0. The monoisotopic (exact) mass is 353 g/mol. The molecular weight excluding hydrogens is 338 g/mol. The predicted octanol–water partition coefficient (Wildman–Crippen LogP) is 3.93. The molecule has 1 saturated heterocycles. The molecule has 3 nitrogen and oxygen atoms in total. The maximum absolute atomic E-state index is 12.7. The lowest BCUT2D eigenvalue weighted by Crippen LogP contribution is -2.23. The second kappa shape index (κ2) is 6.15. The van der Waals surface area contributed by atoms with Crippen molar-refractivity contribution in [3.8, 4) is 0 Å². The van der Waals surface area contributed by atoms with Crippen molar-refractivity contribution in [2.75, 3.05) is 13.1 Å². The average molecular weight is 353 g/mol. The highest BCUT2D eigenvalue weighted by Crippen LogP contribution is 2.32. The third kappa shape index (κ3) is 2.58. The summed E-state index contributed by atoms with van der Waals surface area (Å²) < 4.78 is 0.836. The Hall–Kier alpha value is -1.98. The van der Waals surface area contributed by atoms with Crippen LogP contribution in [0.1, 0.15) is 44.7 Å². The lowest BCUT2D eigenvalue weighted by atomic mass is 9.84. The number of likely N-dealkylation sites (tertiary alicyclic amines) is 1. The van der Waals surface area contributed by atoms with E-state index in [-0.39, 0.29) is 11.6 Å². The minimum Gasteiger partial charge on any atom is -0.357 e. The molecule has 2 aromatic rings. The number of thiocarbonyl (C=S) groups is 1. The molecule has 24 heavy (non-hydrogen) atoms. The highest BCUT2D eigenvalue weighted by atomic mass is 32.2. The summed E-state index contributed by atoms with van der Waals surface area (Å²) in [6.45, 7) is 2.00. The summed E-state index contributed by atoms with van der Waals surface area (Å²) in [6.07, 6.45) is 2.35. The third-order valence-corrected chi connectivity index (χ3v) is 5.90. The first-order valence-electron chi connectivity index (χ1n) is 7.94. The lowest BCUT2D eigenvalue weighted by Gasteiger charge is -2.20. The average Bonchev–Trinajstić information content (AvgIpc) is 3.14. The Morgan fingerprint density at radius 1 is 0.875 bits per heavy atom. The van der Waals surface area contributed by atoms with E-state index in [2.05, 4.69) is 4.90 Å². The molecule has 0 atom stereocenters. The van der Waals surface area contributed by atoms with Gasteiger partial charge in [-0.05, 0) is 31.0 Å². The molecule has 0 spiro atoms. The van der Waals surface area contributed by atoms with Gasteiger partial charge in [-0.25, -0.2) is 0 Å². The van der Waals surface area contributed by atoms with E-state index >= 15 is 0 Å². The molecule has 0 unspecified atom stereocenters. The Balaban J connectivity index is 1.67. The van der Waals surface area contributed by atoms with Gasteiger partial charge in [-0.3, -0.25) is 9.59 Å². The summed E-state index contributed by atoms with van der Waals surface area (Å²) in [4.78, 5) is 28.5. The van der Waals surface area contributed by atoms with Crippen LogP contribution in [-0.4, -0.2) is 33.9 Å². The van der Waals surface area contributed by atoms with Crippen LogP contribution in [-0.2, 0) is 0 Å². The normalized spacial score (nSPS) is 16.1. The van der Waals surface area contributed by atoms with Crippen molar-refractivity contribution in [3.05, 3.63) is 64.7 Å². The summed E-state index contributed by atoms with van der Waals surface area (Å²) in [5.41, 5.74) is 1.94. The maximum Gasteiger partial charge on any atom is 0.194 e. The second-order valence-electron chi connectivity index (χ2n) is 5.97. The van der Waals surface area contributed by atoms with Crippen LogP contribution < -0.4 is 0 Å². The lowest BCUT2D eigenvalue weighted by molar-refractivity contribution is 0.0979. The van der Waals surface area contributed by atoms with Gasteiger partial charge in [0.2, 0.25) is 0 Å². The van der Waals surface area contributed by atoms with Crippen LogP contribution >= 0.6 is 24.0 Å². The maximum atomic E-state index is 12.7. The van der Waals surface area contributed by atoms with Gasteiger partial charge in [0.1, 0.15) is 4.32 Å². The molecule has 0 bridgehead atoms. The number of nitrogens with zero attached hydrogens (tertiary/aromatic N) is 1. The van der Waals surface area contributed by atoms with E-state index in [4.69, 9.17) is 12.2 Å². The van der Waals surface area contributed by atoms with Crippen LogP contribution in [0.25, 0.3) is 0 Å². The second-order valence-corrected chi connectivity index (χ2v) is 7.68. The zero-order valence-corrected chi connectivity index (χ0v) is 14.6. The molecule has 0 N–H and O–H groups in total. The molecule has 1 fully saturated rings. The Morgan fingerprint density at radius 2 is 1.46 bits per heavy atom. The van der Waals surface area contributed by atoms with Crippen molar-refractivity contribution in [2.45, 2.75) is 17.7 Å². The Bertz CT molecular complexity index is 869. The number of hydrogen-bond acceptors (Lipinski definition) is 4. The first-order chi connectivity index (χ1) is 11.6. The summed E-state index contributed by atoms with van der Waals surface area (Å²) in [5.74, 6) is -0.173. The Morgan fingerprint density at radius 3 is 2.12 bits per heavy atom. The van der Waals surface area contributed by atoms with E-state index in [1.54, 1.807) is 36.4 Å². The van der Waals surface area contributed by atoms with E-state index in [9.17, 15) is 9.59 Å². The third-order valence-electron chi connectivity index (χ3n) is 4.47. The quantitative estimate of drug-likeness (QED) is 0.489. The smallest absolute Gasteiger partial charge is 0.194 e. The van der Waals surface area contributed by atoms with Crippen LogP contribution in [0.15, 0.2) is 47.4 Å². The van der Waals surface area contributed by atoms with E-state index < -0.39 is 0 Å². The van der Waals surface area contributed by atoms with Gasteiger partial charge in [-0.1, -0.05) is 48.2 Å². The number of ketones is 2. The molecule has 0 amide bonds. The Labute approximate surface area is 150 Å². The number of carbonyl (C=O) groups excluding carboxylic acids is 2. The molecule has 2 aromatic carbocycles. The van der Waals surface area contributed by atoms with E-state index in [0.717, 1.165) is 22.3 Å². The largest absolute Gasteiger partial charge is 0.357 e. The summed E-state index contributed by atoms with van der Waals surface area (Å²) in [6, 6.07) is 12.4. The van der Waals surface area contributed by atoms with Crippen molar-refractivity contribution in [1.29, 1.82) is 0 Å². The standard InChI is InChI=1S/C19H15NO2S2/c21-17-13-5-1-2-6-14(13)18(22)16-11-12(7-8-15(16)17)24-19(23)20-9-3-4-10-20/h1-2,5-8,11H,3-4,9-10H2. The van der Waals surface area contributed by atoms with E-state index in [1.807, 2.05) is 6.07 Å². The van der Waals surface area contributed by atoms with Crippen LogP contribution in [0, 0.1) is 0 Å². The molecular formula is C19H15NO2S2. The van der Waals surface area contributed by atoms with Crippen LogP contribution in [0.2, 0.25) is 0 Å². The summed E-state index contributed by atoms with van der Waals surface area (Å²) in [5, 5.41) is 0. The van der Waals surface area contributed by atoms with Gasteiger partial charge >= 0.3 is 0 Å². The van der Waals surface area contributed by atoms with Gasteiger partial charge in [-0.2, -0.15) is 0 Å². The molecule has 2 aliphatic rings. The summed E-state index contributed by atoms with van der Waals surface area (Å²) >= 11 is 7.00.